The van der Waals surface area contributed by atoms with Gasteiger partial charge in [-0.25, -0.2) is 33.6 Å². The number of benzene rings is 5. The number of nitrogens with two attached hydrogens (primary N) is 1. The number of aliphatic hydroxyl groups is 2. The number of azide groups is 2. The lowest BCUT2D eigenvalue weighted by Crippen LogP contribution is -3.00. The molecular weight excluding hydrogens is 2500 g/mol. The number of carbonyl (C=O) groups is 7. The number of halogens is 8. The average Bonchev–Trinajstić information content (AvgIpc) is 0.798. The summed E-state index contributed by atoms with van der Waals surface area (Å²) in [5, 5.41) is 88.6. The van der Waals surface area contributed by atoms with E-state index in [2.05, 4.69) is 110 Å². The van der Waals surface area contributed by atoms with Crippen LogP contribution in [0.15, 0.2) is 170 Å². The van der Waals surface area contributed by atoms with Crippen LogP contribution in [0.2, 0.25) is 0 Å². The van der Waals surface area contributed by atoms with E-state index in [1.54, 1.807) is 30.3 Å². The summed E-state index contributed by atoms with van der Waals surface area (Å²) in [6.07, 6.45) is 15.9. The van der Waals surface area contributed by atoms with Crippen LogP contribution in [-0.2, 0) is 84.7 Å². The first-order valence-corrected chi connectivity index (χ1v) is 50.5. The van der Waals surface area contributed by atoms with Crippen LogP contribution in [-0.4, -0.2) is 205 Å². The number of ether oxygens (including phenoxy) is 6. The molecule has 50 heteroatoms. The van der Waals surface area contributed by atoms with E-state index in [0.717, 1.165) is 116 Å². The fraction of sp³-hybridized carbons (Fsp3) is 0.464. The largest absolute Gasteiger partial charge is 1.00 e. The van der Waals surface area contributed by atoms with Crippen LogP contribution in [0.5, 0.6) is 28.7 Å². The number of amides is 2. The van der Waals surface area contributed by atoms with Crippen LogP contribution in [0.1, 0.15) is 175 Å². The number of likely N-dealkylation sites (N-methyl/N-ethyl adjacent to an activating group) is 2. The number of quaternary nitrogens is 2. The minimum Gasteiger partial charge on any atom is -1.00 e. The van der Waals surface area contributed by atoms with Gasteiger partial charge in [0.2, 0.25) is 0 Å². The number of nitrogens with one attached hydrogen (secondary N) is 2. The van der Waals surface area contributed by atoms with Crippen molar-refractivity contribution in [1.82, 2.24) is 10.6 Å². The molecule has 0 fully saturated rings. The van der Waals surface area contributed by atoms with Crippen molar-refractivity contribution in [2.75, 3.05) is 101 Å². The van der Waals surface area contributed by atoms with Crippen LogP contribution >= 0.6 is 91.3 Å². The number of carbonyl (C=O) groups excluding carboxylic acids is 6. The summed E-state index contributed by atoms with van der Waals surface area (Å²) in [7, 11) is 11.8. The van der Waals surface area contributed by atoms with E-state index in [4.69, 9.17) is 94.2 Å². The Bertz CT molecular complexity index is 6410. The summed E-state index contributed by atoms with van der Waals surface area (Å²) in [6.45, 7) is 1.81. The standard InChI is InChI=1S/C52H71Br2N3O14.C13H10BrN3O5.C13H12BrNO5.C10H6BrClO3.C6H16NO2.C3H5N3O2.2HI/c1-57(2,3)32-38(69-52(65)56-25-21-17-13-9-5-7-11-15-19-23-48(61)67-34-37-27-50(63)71-46-31-44(59)42(54)29-40(37)46)35-68-51(64)55-24-20-16-12-8-4-6-10-14-18-22-47(60)66-33-36-26-49(62)70-45-30-43(58)41(53)28-39(36)45;14-9-4-8-7(6-21-12(19)1-2-16-17-15)3-13(20)22-11(8)5-10(9)18;14-9-4-8-7(6-19-12(17)1-2-15)3-13(18)20-11(8)5-10(9)16;11-7-2-6-5(4-12)1-10(14)15-9(6)3-8(7)13;1-7(2,3)4-6(9)5-8;4-6-5-2-1-3(7)8;;/h26-31,38H,4-25,32-35H2,1-3H3,(H3-,55,56,58,59,62,63,64,65);3-5,18H,1-2,6H2;3-5,16H,1-2,6,15H2;1-3,13H,4H2;6,8-9H,4-5H2,1-3H3;1-2H2,(H,7,8);2*1H/q;;;;+1;;;/p-1. The number of unbranched alkanes of at least 4 members (excludes halogenated alkanes) is 16. The van der Waals surface area contributed by atoms with Gasteiger partial charge in [0.25, 0.3) is 0 Å². The number of phenols is 5. The Morgan fingerprint density at radius 2 is 0.673 bits per heavy atom. The first kappa shape index (κ1) is 131. The number of aliphatic carboxylic acids is 1. The molecule has 10 aromatic rings. The van der Waals surface area contributed by atoms with Crippen molar-refractivity contribution in [3.63, 3.8) is 0 Å². The van der Waals surface area contributed by atoms with Crippen LogP contribution in [0, 0.1) is 0 Å². The maximum absolute atomic E-state index is 12.6. The molecule has 0 saturated heterocycles. The van der Waals surface area contributed by atoms with Crippen molar-refractivity contribution >= 4 is 188 Å². The van der Waals surface area contributed by atoms with Gasteiger partial charge >= 0.3 is 70.2 Å². The molecule has 12 N–H and O–H groups in total. The molecule has 0 aliphatic heterocycles. The quantitative estimate of drug-likeness (QED) is 0.00161. The second kappa shape index (κ2) is 69.8. The fourth-order valence-corrected chi connectivity index (χ4v) is 15.6. The van der Waals surface area contributed by atoms with Crippen molar-refractivity contribution in [3.8, 4) is 28.7 Å². The van der Waals surface area contributed by atoms with Crippen LogP contribution in [0.3, 0.4) is 0 Å². The van der Waals surface area contributed by atoms with Gasteiger partial charge in [-0.05, 0) is 152 Å². The molecule has 0 aliphatic rings. The number of fused-ring (bicyclic) bond motifs is 5. The fourth-order valence-electron chi connectivity index (χ4n) is 13.7. The summed E-state index contributed by atoms with van der Waals surface area (Å²) in [5.41, 5.74) is 22.0. The smallest absolute Gasteiger partial charge is 0.407 e. The predicted molar refractivity (Wildman–Crippen MR) is 555 cm³/mol. The van der Waals surface area contributed by atoms with Gasteiger partial charge in [-0.3, -0.25) is 24.0 Å². The SMILES string of the molecule is C[N+](C)(C)CC(COC(=O)NCCCCCCCCCCCC(=O)OCc1cc(=O)oc2cc(O)c(Br)cc12)OC(=O)NCCCCCCCCCCCC(=O)OCc1cc(=O)oc2cc(O)c(Br)cc12.C[N+](C)(C)CC(O)CO.NCCC(=O)OCc1cc(=O)oc2cc(O)c(Br)cc12.O=c1cc(CCl)c2cc(Br)c(O)cc2o1.[I-].[I-].[N-]=[N+]=NCCC(=O)O.[N-]=[N+]=NCCC(=O)OCc1cc(=O)oc2cc(O)c(Br)cc12. The first-order chi connectivity index (χ1) is 68.8. The minimum absolute atomic E-state index is 0. The highest BCUT2D eigenvalue weighted by Gasteiger charge is 2.26. The number of carboxylic acids is 1. The number of alkyl carbamates (subject to hydrolysis) is 2. The third-order valence-electron chi connectivity index (χ3n) is 20.6. The van der Waals surface area contributed by atoms with Gasteiger partial charge in [-0.15, -0.1) is 11.6 Å². The lowest BCUT2D eigenvalue weighted by atomic mass is 10.1. The molecule has 0 saturated carbocycles. The van der Waals surface area contributed by atoms with E-state index in [0.29, 0.717) is 131 Å². The second-order valence-corrected chi connectivity index (χ2v) is 39.2. The number of aromatic hydroxyl groups is 5. The Balaban J connectivity index is 0.000000578. The molecular formula is C97H121Br5ClI2N11O31. The van der Waals surface area contributed by atoms with Gasteiger partial charge in [0.05, 0.1) is 90.5 Å². The molecule has 0 bridgehead atoms. The van der Waals surface area contributed by atoms with E-state index >= 15 is 0 Å². The molecule has 5 aromatic heterocycles. The third-order valence-corrected chi connectivity index (χ3v) is 24.0. The molecule has 0 radical (unpaired) electrons. The Morgan fingerprint density at radius 1 is 0.401 bits per heavy atom. The lowest BCUT2D eigenvalue weighted by Gasteiger charge is -2.28. The number of hydrogen-bond acceptors (Lipinski definition) is 33. The van der Waals surface area contributed by atoms with Crippen LogP contribution < -0.4 is 92.4 Å². The molecule has 2 unspecified atom stereocenters. The highest BCUT2D eigenvalue weighted by Crippen LogP contribution is 2.36. The molecule has 2 amide bonds. The van der Waals surface area contributed by atoms with Crippen molar-refractivity contribution in [2.45, 2.75) is 192 Å². The second-order valence-electron chi connectivity index (χ2n) is 34.7. The van der Waals surface area contributed by atoms with Gasteiger partial charge in [0, 0.05) is 171 Å². The average molecular weight is 2630 g/mol. The lowest BCUT2D eigenvalue weighted by molar-refractivity contribution is -0.873. The monoisotopic (exact) mass is 2620 g/mol. The van der Waals surface area contributed by atoms with Crippen LogP contribution in [0.25, 0.3) is 75.7 Å². The molecule has 5 heterocycles. The Hall–Kier alpha value is -10.4. The number of aliphatic hydroxyl groups excluding tert-OH is 2. The Kier molecular flexibility index (Phi) is 62.1. The van der Waals surface area contributed by atoms with E-state index in [-0.39, 0.29) is 195 Å². The molecule has 806 valence electrons. The number of nitrogens with zero attached hydrogens (tertiary/aromatic N) is 8. The summed E-state index contributed by atoms with van der Waals surface area (Å²) in [6, 6.07) is 21.2. The van der Waals surface area contributed by atoms with Crippen LogP contribution in [0.4, 0.5) is 9.59 Å². The highest BCUT2D eigenvalue weighted by atomic mass is 127. The van der Waals surface area contributed by atoms with Gasteiger partial charge in [0.1, 0.15) is 109 Å². The number of alkyl halides is 1. The van der Waals surface area contributed by atoms with Gasteiger partial charge in [-0.1, -0.05) is 100 Å². The molecule has 5 aromatic carbocycles. The maximum atomic E-state index is 12.6. The zero-order valence-electron chi connectivity index (χ0n) is 81.6. The number of rotatable bonds is 49. The van der Waals surface area contributed by atoms with E-state index in [1.165, 1.54) is 60.7 Å². The Labute approximate surface area is 925 Å². The first-order valence-electron chi connectivity index (χ1n) is 46.0. The van der Waals surface area contributed by atoms with E-state index < -0.39 is 70.4 Å². The van der Waals surface area contributed by atoms with E-state index in [9.17, 15) is 83.1 Å². The number of carboxylic acid groups (broad SMARTS) is 1. The van der Waals surface area contributed by atoms with Crippen molar-refractivity contribution in [2.24, 2.45) is 16.0 Å². The topological polar surface area (TPSA) is 635 Å². The summed E-state index contributed by atoms with van der Waals surface area (Å²) < 4.78 is 60.7. The number of hydrogen-bond donors (Lipinski definition) is 11. The van der Waals surface area contributed by atoms with Crippen molar-refractivity contribution in [3.05, 3.63) is 214 Å². The molecule has 2 atom stereocenters. The minimum atomic E-state index is -0.947. The number of phenolic OH excluding ortho intramolecular Hbond substituents is 5. The highest BCUT2D eigenvalue weighted by molar-refractivity contribution is 9.11. The summed E-state index contributed by atoms with van der Waals surface area (Å²) in [4.78, 5) is 145. The predicted octanol–water partition coefficient (Wildman–Crippen LogP) is 12.4. The molecule has 0 spiro atoms. The van der Waals surface area contributed by atoms with Gasteiger partial charge in [-0.2, -0.15) is 0 Å². The van der Waals surface area contributed by atoms with E-state index in [1.807, 2.05) is 42.3 Å². The van der Waals surface area contributed by atoms with Gasteiger partial charge < -0.3 is 165 Å². The van der Waals surface area contributed by atoms with Gasteiger partial charge in [0.15, 0.2) is 6.10 Å². The zero-order valence-corrected chi connectivity index (χ0v) is 94.6. The number of esters is 4. The summed E-state index contributed by atoms with van der Waals surface area (Å²) >= 11 is 21.8. The third kappa shape index (κ3) is 52.1. The van der Waals surface area contributed by atoms with Crippen molar-refractivity contribution in [1.29, 1.82) is 0 Å². The maximum Gasteiger partial charge on any atom is 0.407 e. The normalized spacial score (nSPS) is 11.2. The molecule has 0 aliphatic carbocycles. The Morgan fingerprint density at radius 3 is 0.952 bits per heavy atom. The molecule has 42 nitrogen and oxygen atoms in total. The summed E-state index contributed by atoms with van der Waals surface area (Å²) in [5.74, 6) is -2.57. The molecule has 147 heavy (non-hydrogen) atoms. The zero-order chi connectivity index (χ0) is 107. The molecule has 10 rings (SSSR count). The van der Waals surface area contributed by atoms with Crippen molar-refractivity contribution < 1.29 is 182 Å².